The molecule has 1 unspecified atom stereocenters. The quantitative estimate of drug-likeness (QED) is 0.832. The first-order valence-corrected chi connectivity index (χ1v) is 5.22. The van der Waals surface area contributed by atoms with Crippen LogP contribution in [0.1, 0.15) is 25.0 Å². The van der Waals surface area contributed by atoms with Crippen molar-refractivity contribution < 1.29 is 13.9 Å². The van der Waals surface area contributed by atoms with Gasteiger partial charge in [0, 0.05) is 20.1 Å². The van der Waals surface area contributed by atoms with Gasteiger partial charge in [0.15, 0.2) is 0 Å². The zero-order chi connectivity index (χ0) is 12.0. The van der Waals surface area contributed by atoms with Crippen LogP contribution in [-0.2, 0) is 9.53 Å². The molecule has 0 saturated carbocycles. The first-order chi connectivity index (χ1) is 7.67. The second-order valence-electron chi connectivity index (χ2n) is 3.44. The van der Waals surface area contributed by atoms with Crippen LogP contribution in [-0.4, -0.2) is 19.6 Å². The summed E-state index contributed by atoms with van der Waals surface area (Å²) >= 11 is 0. The molecule has 1 aromatic rings. The van der Waals surface area contributed by atoms with Gasteiger partial charge in [0.05, 0.1) is 6.10 Å². The first-order valence-electron chi connectivity index (χ1n) is 5.22. The number of nitrogens with one attached hydrogen (secondary N) is 1. The van der Waals surface area contributed by atoms with E-state index in [9.17, 15) is 9.18 Å². The van der Waals surface area contributed by atoms with Gasteiger partial charge in [-0.05, 0) is 17.7 Å². The van der Waals surface area contributed by atoms with Crippen LogP contribution in [0.4, 0.5) is 4.39 Å². The van der Waals surface area contributed by atoms with Crippen molar-refractivity contribution in [2.45, 2.75) is 19.4 Å². The van der Waals surface area contributed by atoms with Gasteiger partial charge in [-0.1, -0.05) is 19.1 Å². The van der Waals surface area contributed by atoms with Crippen molar-refractivity contribution in [1.29, 1.82) is 0 Å². The summed E-state index contributed by atoms with van der Waals surface area (Å²) in [7, 11) is 1.54. The molecule has 0 aromatic heterocycles. The lowest BCUT2D eigenvalue weighted by atomic mass is 10.1. The third-order valence-electron chi connectivity index (χ3n) is 2.31. The predicted molar refractivity (Wildman–Crippen MR) is 59.5 cm³/mol. The van der Waals surface area contributed by atoms with Crippen LogP contribution in [0.3, 0.4) is 0 Å². The SMILES string of the molecule is CCC(=O)NCC(OC)c1cccc(F)c1. The smallest absolute Gasteiger partial charge is 0.219 e. The van der Waals surface area contributed by atoms with E-state index >= 15 is 0 Å². The molecule has 88 valence electrons. The fourth-order valence-corrected chi connectivity index (χ4v) is 1.38. The lowest BCUT2D eigenvalue weighted by Crippen LogP contribution is -2.28. The Hall–Kier alpha value is -1.42. The number of halogens is 1. The van der Waals surface area contributed by atoms with E-state index in [4.69, 9.17) is 4.74 Å². The van der Waals surface area contributed by atoms with Crippen LogP contribution in [0.2, 0.25) is 0 Å². The highest BCUT2D eigenvalue weighted by molar-refractivity contribution is 5.75. The third-order valence-corrected chi connectivity index (χ3v) is 2.31. The number of hydrogen-bond donors (Lipinski definition) is 1. The number of methoxy groups -OCH3 is 1. The monoisotopic (exact) mass is 225 g/mol. The topological polar surface area (TPSA) is 38.3 Å². The van der Waals surface area contributed by atoms with Crippen LogP contribution >= 0.6 is 0 Å². The van der Waals surface area contributed by atoms with Crippen molar-refractivity contribution in [3.8, 4) is 0 Å². The average molecular weight is 225 g/mol. The van der Waals surface area contributed by atoms with Gasteiger partial charge in [0.2, 0.25) is 5.91 Å². The third kappa shape index (κ3) is 3.62. The van der Waals surface area contributed by atoms with Gasteiger partial charge in [0.25, 0.3) is 0 Å². The Kier molecular flexibility index (Phi) is 4.92. The molecule has 0 aliphatic heterocycles. The molecule has 1 atom stereocenters. The standard InChI is InChI=1S/C12H16FNO2/c1-3-12(15)14-8-11(16-2)9-5-4-6-10(13)7-9/h4-7,11H,3,8H2,1-2H3,(H,14,15). The highest BCUT2D eigenvalue weighted by atomic mass is 19.1. The van der Waals surface area contributed by atoms with E-state index in [1.54, 1.807) is 19.1 Å². The number of benzene rings is 1. The van der Waals surface area contributed by atoms with E-state index in [2.05, 4.69) is 5.32 Å². The van der Waals surface area contributed by atoms with Gasteiger partial charge >= 0.3 is 0 Å². The molecule has 16 heavy (non-hydrogen) atoms. The molecule has 0 aliphatic carbocycles. The van der Waals surface area contributed by atoms with Crippen molar-refractivity contribution in [3.63, 3.8) is 0 Å². The maximum absolute atomic E-state index is 13.0. The Morgan fingerprint density at radius 2 is 2.31 bits per heavy atom. The number of hydrogen-bond acceptors (Lipinski definition) is 2. The molecule has 0 heterocycles. The summed E-state index contributed by atoms with van der Waals surface area (Å²) in [6, 6.07) is 6.18. The van der Waals surface area contributed by atoms with E-state index in [0.29, 0.717) is 13.0 Å². The minimum Gasteiger partial charge on any atom is -0.375 e. The summed E-state index contributed by atoms with van der Waals surface area (Å²) in [6.07, 6.45) is 0.116. The molecule has 1 rings (SSSR count). The maximum atomic E-state index is 13.0. The van der Waals surface area contributed by atoms with Gasteiger partial charge in [-0.15, -0.1) is 0 Å². The van der Waals surface area contributed by atoms with Gasteiger partial charge in [0.1, 0.15) is 5.82 Å². The van der Waals surface area contributed by atoms with Crippen LogP contribution in [0.15, 0.2) is 24.3 Å². The Labute approximate surface area is 94.6 Å². The Bertz CT molecular complexity index is 355. The van der Waals surface area contributed by atoms with Crippen LogP contribution in [0.5, 0.6) is 0 Å². The van der Waals surface area contributed by atoms with Crippen molar-refractivity contribution >= 4 is 5.91 Å². The van der Waals surface area contributed by atoms with E-state index in [0.717, 1.165) is 5.56 Å². The molecule has 0 saturated heterocycles. The fraction of sp³-hybridized carbons (Fsp3) is 0.417. The number of ether oxygens (including phenoxy) is 1. The Morgan fingerprint density at radius 1 is 1.56 bits per heavy atom. The van der Waals surface area contributed by atoms with Crippen LogP contribution in [0.25, 0.3) is 0 Å². The Morgan fingerprint density at radius 3 is 2.88 bits per heavy atom. The second-order valence-corrected chi connectivity index (χ2v) is 3.44. The van der Waals surface area contributed by atoms with E-state index < -0.39 is 0 Å². The lowest BCUT2D eigenvalue weighted by molar-refractivity contribution is -0.121. The Balaban J connectivity index is 2.64. The molecule has 1 aromatic carbocycles. The summed E-state index contributed by atoms with van der Waals surface area (Å²) in [5.74, 6) is -0.347. The van der Waals surface area contributed by atoms with Crippen LogP contribution in [0, 0.1) is 5.82 Å². The maximum Gasteiger partial charge on any atom is 0.219 e. The van der Waals surface area contributed by atoms with Crippen LogP contribution < -0.4 is 5.32 Å². The average Bonchev–Trinajstić information content (AvgIpc) is 2.29. The number of rotatable bonds is 5. The van der Waals surface area contributed by atoms with Gasteiger partial charge in [-0.3, -0.25) is 4.79 Å². The summed E-state index contributed by atoms with van der Waals surface area (Å²) < 4.78 is 18.2. The zero-order valence-electron chi connectivity index (χ0n) is 9.50. The van der Waals surface area contributed by atoms with E-state index in [1.807, 2.05) is 0 Å². The number of amides is 1. The zero-order valence-corrected chi connectivity index (χ0v) is 9.50. The van der Waals surface area contributed by atoms with Gasteiger partial charge < -0.3 is 10.1 Å². The summed E-state index contributed by atoms with van der Waals surface area (Å²) in [6.45, 7) is 2.13. The molecular formula is C12H16FNO2. The minimum absolute atomic E-state index is 0.0431. The molecule has 1 amide bonds. The van der Waals surface area contributed by atoms with Gasteiger partial charge in [-0.25, -0.2) is 4.39 Å². The molecule has 0 radical (unpaired) electrons. The summed E-state index contributed by atoms with van der Waals surface area (Å²) in [5, 5.41) is 2.71. The van der Waals surface area contributed by atoms with E-state index in [1.165, 1.54) is 19.2 Å². The summed E-state index contributed by atoms with van der Waals surface area (Å²) in [4.78, 5) is 11.1. The van der Waals surface area contributed by atoms with E-state index in [-0.39, 0.29) is 17.8 Å². The highest BCUT2D eigenvalue weighted by Crippen LogP contribution is 2.16. The van der Waals surface area contributed by atoms with Crippen molar-refractivity contribution in [2.24, 2.45) is 0 Å². The molecular weight excluding hydrogens is 209 g/mol. The summed E-state index contributed by atoms with van der Waals surface area (Å²) in [5.41, 5.74) is 0.721. The first kappa shape index (κ1) is 12.6. The number of carbonyl (C=O) groups excluding carboxylic acids is 1. The van der Waals surface area contributed by atoms with Gasteiger partial charge in [-0.2, -0.15) is 0 Å². The molecule has 0 aliphatic rings. The number of carbonyl (C=O) groups is 1. The normalized spacial score (nSPS) is 12.2. The minimum atomic E-state index is -0.314. The van der Waals surface area contributed by atoms with Crippen molar-refractivity contribution in [2.75, 3.05) is 13.7 Å². The molecule has 0 bridgehead atoms. The highest BCUT2D eigenvalue weighted by Gasteiger charge is 2.11. The fourth-order valence-electron chi connectivity index (χ4n) is 1.38. The molecule has 0 fully saturated rings. The largest absolute Gasteiger partial charge is 0.375 e. The molecule has 4 heteroatoms. The van der Waals surface area contributed by atoms with Crippen molar-refractivity contribution in [3.05, 3.63) is 35.6 Å². The van der Waals surface area contributed by atoms with Crippen molar-refractivity contribution in [1.82, 2.24) is 5.32 Å². The molecule has 3 nitrogen and oxygen atoms in total. The molecule has 0 spiro atoms. The molecule has 1 N–H and O–H groups in total. The predicted octanol–water partition coefficient (Wildman–Crippen LogP) is 2.04. The second kappa shape index (κ2) is 6.23. The lowest BCUT2D eigenvalue weighted by Gasteiger charge is -2.16.